The zero-order valence-electron chi connectivity index (χ0n) is 12.2. The van der Waals surface area contributed by atoms with Crippen molar-refractivity contribution in [3.63, 3.8) is 0 Å². The number of benzene rings is 2. The molecule has 5 nitrogen and oxygen atoms in total. The Morgan fingerprint density at radius 1 is 1.13 bits per heavy atom. The molecule has 0 heterocycles. The number of ketones is 1. The average molecular weight is 313 g/mol. The summed E-state index contributed by atoms with van der Waals surface area (Å²) in [5, 5.41) is 9.14. The number of carbonyl (C=O) groups excluding carboxylic acids is 2. The maximum atomic E-state index is 12.9. The molecule has 2 aromatic rings. The van der Waals surface area contributed by atoms with Gasteiger partial charge in [-0.3, -0.25) is 4.79 Å². The molecule has 6 heteroatoms. The minimum Gasteiger partial charge on any atom is -0.467 e. The molecular formula is C17H12FNO4. The molecule has 0 radical (unpaired) electrons. The highest BCUT2D eigenvalue weighted by atomic mass is 19.1. The molecule has 0 amide bonds. The fourth-order valence-electron chi connectivity index (χ4n) is 1.85. The smallest absolute Gasteiger partial charge is 0.337 e. The van der Waals surface area contributed by atoms with E-state index in [1.165, 1.54) is 37.4 Å². The van der Waals surface area contributed by atoms with Gasteiger partial charge in [0, 0.05) is 5.56 Å². The topological polar surface area (TPSA) is 76.4 Å². The van der Waals surface area contributed by atoms with Crippen molar-refractivity contribution in [2.45, 2.75) is 6.10 Å². The van der Waals surface area contributed by atoms with Crippen molar-refractivity contribution in [2.24, 2.45) is 0 Å². The second-order valence-corrected chi connectivity index (χ2v) is 4.52. The summed E-state index contributed by atoms with van der Waals surface area (Å²) in [6.45, 7) is 0. The second kappa shape index (κ2) is 7.18. The van der Waals surface area contributed by atoms with E-state index in [1.54, 1.807) is 12.1 Å². The molecular weight excluding hydrogens is 301 g/mol. The molecule has 0 aliphatic heterocycles. The fraction of sp³-hybridized carbons (Fsp3) is 0.118. The number of methoxy groups -OCH3 is 1. The number of rotatable bonds is 5. The molecule has 0 aromatic heterocycles. The van der Waals surface area contributed by atoms with Gasteiger partial charge in [0.05, 0.1) is 12.7 Å². The first kappa shape index (κ1) is 16.2. The Morgan fingerprint density at radius 3 is 2.43 bits per heavy atom. The molecule has 23 heavy (non-hydrogen) atoms. The maximum absolute atomic E-state index is 12.9. The van der Waals surface area contributed by atoms with E-state index >= 15 is 0 Å². The van der Waals surface area contributed by atoms with E-state index in [0.29, 0.717) is 0 Å². The molecule has 0 N–H and O–H groups in total. The van der Waals surface area contributed by atoms with E-state index in [1.807, 2.05) is 0 Å². The quantitative estimate of drug-likeness (QED) is 0.626. The van der Waals surface area contributed by atoms with E-state index in [-0.39, 0.29) is 16.9 Å². The van der Waals surface area contributed by atoms with Gasteiger partial charge in [0.2, 0.25) is 11.9 Å². The number of hydrogen-bond donors (Lipinski definition) is 0. The van der Waals surface area contributed by atoms with E-state index in [0.717, 1.165) is 12.1 Å². The molecule has 0 aliphatic rings. The molecule has 0 aliphatic carbocycles. The van der Waals surface area contributed by atoms with Crippen LogP contribution in [0.25, 0.3) is 0 Å². The summed E-state index contributed by atoms with van der Waals surface area (Å²) in [4.78, 5) is 23.7. The first-order valence-electron chi connectivity index (χ1n) is 6.59. The van der Waals surface area contributed by atoms with E-state index < -0.39 is 23.7 Å². The predicted molar refractivity (Wildman–Crippen MR) is 78.5 cm³/mol. The van der Waals surface area contributed by atoms with Crippen LogP contribution in [0, 0.1) is 17.1 Å². The molecule has 0 bridgehead atoms. The van der Waals surface area contributed by atoms with Crippen molar-refractivity contribution in [1.82, 2.24) is 0 Å². The Kier molecular flexibility index (Phi) is 5.05. The van der Waals surface area contributed by atoms with Crippen LogP contribution >= 0.6 is 0 Å². The standard InChI is InChI=1S/C17H12FNO4/c1-22-17(21)12-3-2-4-14(9-12)23-15(10-19)16(20)11-5-7-13(18)8-6-11/h2-9,15H,1H3. The SMILES string of the molecule is COC(=O)c1cccc(OC(C#N)C(=O)c2ccc(F)cc2)c1. The van der Waals surface area contributed by atoms with E-state index in [4.69, 9.17) is 10.00 Å². The lowest BCUT2D eigenvalue weighted by Gasteiger charge is -2.12. The van der Waals surface area contributed by atoms with Gasteiger partial charge in [0.25, 0.3) is 0 Å². The lowest BCUT2D eigenvalue weighted by Crippen LogP contribution is -2.25. The van der Waals surface area contributed by atoms with Crippen molar-refractivity contribution in [3.8, 4) is 11.8 Å². The Morgan fingerprint density at radius 2 is 1.83 bits per heavy atom. The summed E-state index contributed by atoms with van der Waals surface area (Å²) in [5.74, 6) is -1.47. The second-order valence-electron chi connectivity index (χ2n) is 4.52. The Hall–Kier alpha value is -3.20. The summed E-state index contributed by atoms with van der Waals surface area (Å²) in [5.41, 5.74) is 0.387. The monoisotopic (exact) mass is 313 g/mol. The van der Waals surface area contributed by atoms with Crippen LogP contribution in [0.3, 0.4) is 0 Å². The lowest BCUT2D eigenvalue weighted by atomic mass is 10.1. The Balaban J connectivity index is 2.19. The van der Waals surface area contributed by atoms with Gasteiger partial charge >= 0.3 is 5.97 Å². The summed E-state index contributed by atoms with van der Waals surface area (Å²) in [6.07, 6.45) is -1.41. The maximum Gasteiger partial charge on any atom is 0.337 e. The zero-order chi connectivity index (χ0) is 16.8. The van der Waals surface area contributed by atoms with Gasteiger partial charge in [-0.25, -0.2) is 9.18 Å². The highest BCUT2D eigenvalue weighted by Crippen LogP contribution is 2.17. The van der Waals surface area contributed by atoms with Crippen molar-refractivity contribution >= 4 is 11.8 Å². The highest BCUT2D eigenvalue weighted by molar-refractivity contribution is 6.01. The number of nitrogens with zero attached hydrogens (tertiary/aromatic N) is 1. The predicted octanol–water partition coefficient (Wildman–Crippen LogP) is 2.77. The summed E-state index contributed by atoms with van der Waals surface area (Å²) in [7, 11) is 1.24. The number of halogens is 1. The third-order valence-electron chi connectivity index (χ3n) is 2.99. The van der Waals surface area contributed by atoms with Gasteiger partial charge in [0.1, 0.15) is 17.6 Å². The van der Waals surface area contributed by atoms with Crippen molar-refractivity contribution < 1.29 is 23.5 Å². The summed E-state index contributed by atoms with van der Waals surface area (Å²) >= 11 is 0. The van der Waals surface area contributed by atoms with Gasteiger partial charge in [0.15, 0.2) is 0 Å². The largest absolute Gasteiger partial charge is 0.467 e. The van der Waals surface area contributed by atoms with Crippen LogP contribution in [0.1, 0.15) is 20.7 Å². The molecule has 0 spiro atoms. The molecule has 1 unspecified atom stereocenters. The molecule has 1 atom stereocenters. The molecule has 0 fully saturated rings. The first-order chi connectivity index (χ1) is 11.0. The van der Waals surface area contributed by atoms with E-state index in [9.17, 15) is 14.0 Å². The van der Waals surface area contributed by atoms with Crippen LogP contribution in [0.5, 0.6) is 5.75 Å². The van der Waals surface area contributed by atoms with Crippen LogP contribution in [0.2, 0.25) is 0 Å². The van der Waals surface area contributed by atoms with Crippen molar-refractivity contribution in [3.05, 3.63) is 65.5 Å². The molecule has 2 rings (SSSR count). The van der Waals surface area contributed by atoms with Crippen LogP contribution in [0.4, 0.5) is 4.39 Å². The number of nitriles is 1. The number of ether oxygens (including phenoxy) is 2. The van der Waals surface area contributed by atoms with Crippen LogP contribution in [0.15, 0.2) is 48.5 Å². The highest BCUT2D eigenvalue weighted by Gasteiger charge is 2.22. The van der Waals surface area contributed by atoms with Gasteiger partial charge in [-0.1, -0.05) is 6.07 Å². The first-order valence-corrected chi connectivity index (χ1v) is 6.59. The number of Topliss-reactive ketones (excluding diaryl/α,β-unsaturated/α-hetero) is 1. The van der Waals surface area contributed by atoms with Gasteiger partial charge in [-0.15, -0.1) is 0 Å². The van der Waals surface area contributed by atoms with Crippen molar-refractivity contribution in [1.29, 1.82) is 5.26 Å². The minimum absolute atomic E-state index is 0.155. The third kappa shape index (κ3) is 3.92. The lowest BCUT2D eigenvalue weighted by molar-refractivity contribution is 0.0600. The van der Waals surface area contributed by atoms with Crippen LogP contribution in [-0.4, -0.2) is 25.0 Å². The number of esters is 1. The number of hydrogen-bond acceptors (Lipinski definition) is 5. The van der Waals surface area contributed by atoms with Gasteiger partial charge in [-0.05, 0) is 42.5 Å². The molecule has 2 aromatic carbocycles. The Labute approximate surface area is 131 Å². The molecule has 0 saturated heterocycles. The van der Waals surface area contributed by atoms with E-state index in [2.05, 4.69) is 4.74 Å². The molecule has 116 valence electrons. The average Bonchev–Trinajstić information content (AvgIpc) is 2.59. The van der Waals surface area contributed by atoms with Gasteiger partial charge < -0.3 is 9.47 Å². The normalized spacial score (nSPS) is 11.2. The fourth-order valence-corrected chi connectivity index (χ4v) is 1.85. The van der Waals surface area contributed by atoms with Crippen molar-refractivity contribution in [2.75, 3.05) is 7.11 Å². The minimum atomic E-state index is -1.41. The van der Waals surface area contributed by atoms with Crippen LogP contribution in [-0.2, 0) is 4.74 Å². The summed E-state index contributed by atoms with van der Waals surface area (Å²) < 4.78 is 22.8. The zero-order valence-corrected chi connectivity index (χ0v) is 12.2. The van der Waals surface area contributed by atoms with Gasteiger partial charge in [-0.2, -0.15) is 5.26 Å². The third-order valence-corrected chi connectivity index (χ3v) is 2.99. The molecule has 0 saturated carbocycles. The Bertz CT molecular complexity index is 765. The van der Waals surface area contributed by atoms with Crippen LogP contribution < -0.4 is 4.74 Å². The summed E-state index contributed by atoms with van der Waals surface area (Å²) in [6, 6.07) is 12.5. The number of carbonyl (C=O) groups is 2.